The third kappa shape index (κ3) is 4.98. The van der Waals surface area contributed by atoms with E-state index in [2.05, 4.69) is 18.7 Å². The van der Waals surface area contributed by atoms with Crippen molar-refractivity contribution in [2.45, 2.75) is 13.8 Å². The second kappa shape index (κ2) is 9.82. The van der Waals surface area contributed by atoms with Gasteiger partial charge in [-0.15, -0.1) is 11.3 Å². The van der Waals surface area contributed by atoms with Gasteiger partial charge < -0.3 is 9.64 Å². The molecular weight excluding hydrogens is 390 g/mol. The Bertz CT molecular complexity index is 930. The van der Waals surface area contributed by atoms with Gasteiger partial charge in [0.15, 0.2) is 5.13 Å². The van der Waals surface area contributed by atoms with Crippen LogP contribution in [0, 0.1) is 0 Å². The lowest BCUT2D eigenvalue weighted by Crippen LogP contribution is -2.38. The normalized spacial score (nSPS) is 11.6. The van der Waals surface area contributed by atoms with Crippen LogP contribution in [0.2, 0.25) is 0 Å². The Morgan fingerprint density at radius 3 is 2.71 bits per heavy atom. The maximum atomic E-state index is 13.0. The van der Waals surface area contributed by atoms with E-state index in [4.69, 9.17) is 9.72 Å². The minimum Gasteiger partial charge on any atom is -0.497 e. The van der Waals surface area contributed by atoms with Gasteiger partial charge >= 0.3 is 0 Å². The summed E-state index contributed by atoms with van der Waals surface area (Å²) in [5.74, 6) is 0.717. The number of carbonyl (C=O) groups excluding carboxylic acids is 1. The molecule has 0 aliphatic heterocycles. The Morgan fingerprint density at radius 2 is 2.04 bits per heavy atom. The highest BCUT2D eigenvalue weighted by Crippen LogP contribution is 2.31. The third-order valence-electron chi connectivity index (χ3n) is 4.55. The van der Waals surface area contributed by atoms with Crippen LogP contribution in [0.15, 0.2) is 41.8 Å². The van der Waals surface area contributed by atoms with Crippen LogP contribution < -0.4 is 9.64 Å². The number of carbonyl (C=O) groups is 1. The molecule has 3 rings (SSSR count). The number of thiophene rings is 1. The molecule has 0 aliphatic carbocycles. The predicted octanol–water partition coefficient (Wildman–Crippen LogP) is 4.75. The lowest BCUT2D eigenvalue weighted by Gasteiger charge is -2.23. The molecule has 0 aliphatic rings. The van der Waals surface area contributed by atoms with Crippen molar-refractivity contribution in [2.75, 3.05) is 38.2 Å². The number of nitrogens with zero attached hydrogens (tertiary/aromatic N) is 3. The average molecular weight is 416 g/mol. The summed E-state index contributed by atoms with van der Waals surface area (Å²) in [6.45, 7) is 7.60. The molecule has 1 aromatic carbocycles. The summed E-state index contributed by atoms with van der Waals surface area (Å²) in [6.07, 6.45) is 3.51. The molecule has 0 atom stereocenters. The van der Waals surface area contributed by atoms with Gasteiger partial charge in [0, 0.05) is 30.1 Å². The summed E-state index contributed by atoms with van der Waals surface area (Å²) in [4.78, 5) is 22.9. The minimum atomic E-state index is -0.0495. The minimum absolute atomic E-state index is 0.0495. The van der Waals surface area contributed by atoms with Gasteiger partial charge in [-0.2, -0.15) is 0 Å². The van der Waals surface area contributed by atoms with Crippen molar-refractivity contribution in [2.24, 2.45) is 0 Å². The van der Waals surface area contributed by atoms with Gasteiger partial charge in [-0.3, -0.25) is 9.69 Å². The van der Waals surface area contributed by atoms with Crippen molar-refractivity contribution in [3.63, 3.8) is 0 Å². The lowest BCUT2D eigenvalue weighted by molar-refractivity contribution is -0.114. The number of hydrogen-bond donors (Lipinski definition) is 0. The molecule has 0 saturated heterocycles. The maximum absolute atomic E-state index is 13.0. The van der Waals surface area contributed by atoms with E-state index in [1.807, 2.05) is 41.8 Å². The summed E-state index contributed by atoms with van der Waals surface area (Å²) in [5, 5.41) is 2.72. The molecular formula is C21H25N3O2S2. The lowest BCUT2D eigenvalue weighted by atomic mass is 10.3. The van der Waals surface area contributed by atoms with E-state index in [-0.39, 0.29) is 5.91 Å². The summed E-state index contributed by atoms with van der Waals surface area (Å²) in [7, 11) is 1.64. The molecule has 0 bridgehead atoms. The SMILES string of the molecule is CCN(CC)CCN(C(=O)C=Cc1cccs1)c1nc2cc(OC)ccc2s1. The molecule has 0 fully saturated rings. The maximum Gasteiger partial charge on any atom is 0.252 e. The first-order valence-corrected chi connectivity index (χ1v) is 11.0. The van der Waals surface area contributed by atoms with Gasteiger partial charge in [0.25, 0.3) is 5.91 Å². The fourth-order valence-electron chi connectivity index (χ4n) is 2.85. The second-order valence-corrected chi connectivity index (χ2v) is 8.18. The van der Waals surface area contributed by atoms with Gasteiger partial charge in [0.05, 0.1) is 17.3 Å². The van der Waals surface area contributed by atoms with Crippen LogP contribution in [0.1, 0.15) is 18.7 Å². The van der Waals surface area contributed by atoms with Crippen LogP contribution in [-0.2, 0) is 4.79 Å². The molecule has 0 spiro atoms. The molecule has 0 unspecified atom stereocenters. The van der Waals surface area contributed by atoms with E-state index in [0.29, 0.717) is 6.54 Å². The summed E-state index contributed by atoms with van der Waals surface area (Å²) in [5.41, 5.74) is 0.849. The van der Waals surface area contributed by atoms with E-state index >= 15 is 0 Å². The summed E-state index contributed by atoms with van der Waals surface area (Å²) < 4.78 is 6.34. The third-order valence-corrected chi connectivity index (χ3v) is 6.44. The van der Waals surface area contributed by atoms with Crippen molar-refractivity contribution in [1.29, 1.82) is 0 Å². The Hall–Kier alpha value is -2.22. The van der Waals surface area contributed by atoms with Crippen molar-refractivity contribution in [1.82, 2.24) is 9.88 Å². The number of rotatable bonds is 9. The van der Waals surface area contributed by atoms with Crippen LogP contribution >= 0.6 is 22.7 Å². The van der Waals surface area contributed by atoms with E-state index in [9.17, 15) is 4.79 Å². The second-order valence-electron chi connectivity index (χ2n) is 6.20. The predicted molar refractivity (Wildman–Crippen MR) is 120 cm³/mol. The Morgan fingerprint density at radius 1 is 1.21 bits per heavy atom. The Kier molecular flexibility index (Phi) is 7.19. The fraction of sp³-hybridized carbons (Fsp3) is 0.333. The standard InChI is InChI=1S/C21H25N3O2S2/c1-4-23(5-2)12-13-24(20(25)11-9-17-7-6-14-27-17)21-22-18-15-16(26-3)8-10-19(18)28-21/h6-11,14-15H,4-5,12-13H2,1-3H3. The molecule has 28 heavy (non-hydrogen) atoms. The number of methoxy groups -OCH3 is 1. The molecule has 0 radical (unpaired) electrons. The topological polar surface area (TPSA) is 45.7 Å². The van der Waals surface area contributed by atoms with Crippen LogP contribution in [0.3, 0.4) is 0 Å². The number of amides is 1. The van der Waals surface area contributed by atoms with E-state index < -0.39 is 0 Å². The van der Waals surface area contributed by atoms with E-state index in [1.165, 1.54) is 11.3 Å². The Labute approximate surface area is 173 Å². The summed E-state index contributed by atoms with van der Waals surface area (Å²) in [6, 6.07) is 9.79. The van der Waals surface area contributed by atoms with Crippen molar-refractivity contribution < 1.29 is 9.53 Å². The smallest absolute Gasteiger partial charge is 0.252 e. The highest BCUT2D eigenvalue weighted by molar-refractivity contribution is 7.22. The van der Waals surface area contributed by atoms with E-state index in [0.717, 1.165) is 45.6 Å². The van der Waals surface area contributed by atoms with Crippen LogP contribution in [-0.4, -0.2) is 49.1 Å². The molecule has 0 N–H and O–H groups in total. The van der Waals surface area contributed by atoms with Gasteiger partial charge in [0.1, 0.15) is 5.75 Å². The van der Waals surface area contributed by atoms with Crippen LogP contribution in [0.5, 0.6) is 5.75 Å². The largest absolute Gasteiger partial charge is 0.497 e. The highest BCUT2D eigenvalue weighted by Gasteiger charge is 2.19. The zero-order valence-corrected chi connectivity index (χ0v) is 18.1. The number of likely N-dealkylation sites (N-methyl/N-ethyl adjacent to an activating group) is 1. The first kappa shape index (κ1) is 20.5. The number of anilines is 1. The Balaban J connectivity index is 1.87. The van der Waals surface area contributed by atoms with Gasteiger partial charge in [0.2, 0.25) is 0 Å². The van der Waals surface area contributed by atoms with Crippen molar-refractivity contribution >= 4 is 50.0 Å². The molecule has 2 aromatic heterocycles. The fourth-order valence-corrected chi connectivity index (χ4v) is 4.44. The van der Waals surface area contributed by atoms with Gasteiger partial charge in [-0.05, 0) is 42.7 Å². The summed E-state index contributed by atoms with van der Waals surface area (Å²) >= 11 is 3.14. The molecule has 2 heterocycles. The van der Waals surface area contributed by atoms with Crippen molar-refractivity contribution in [3.05, 3.63) is 46.7 Å². The van der Waals surface area contributed by atoms with Crippen LogP contribution in [0.4, 0.5) is 5.13 Å². The number of benzene rings is 1. The molecule has 0 saturated carbocycles. The number of hydrogen-bond acceptors (Lipinski definition) is 6. The van der Waals surface area contributed by atoms with E-state index in [1.54, 1.807) is 29.4 Å². The monoisotopic (exact) mass is 415 g/mol. The molecule has 5 nitrogen and oxygen atoms in total. The highest BCUT2D eigenvalue weighted by atomic mass is 32.1. The number of fused-ring (bicyclic) bond motifs is 1. The zero-order chi connectivity index (χ0) is 19.9. The zero-order valence-electron chi connectivity index (χ0n) is 16.4. The van der Waals surface area contributed by atoms with Crippen LogP contribution in [0.25, 0.3) is 16.3 Å². The first-order valence-electron chi connectivity index (χ1n) is 9.34. The number of aromatic nitrogens is 1. The first-order chi connectivity index (χ1) is 13.6. The van der Waals surface area contributed by atoms with Gasteiger partial charge in [-0.25, -0.2) is 4.98 Å². The number of thiazole rings is 1. The van der Waals surface area contributed by atoms with Gasteiger partial charge in [-0.1, -0.05) is 31.3 Å². The number of ether oxygens (including phenoxy) is 1. The molecule has 148 valence electrons. The molecule has 1 amide bonds. The quantitative estimate of drug-likeness (QED) is 0.473. The van der Waals surface area contributed by atoms with Crippen molar-refractivity contribution in [3.8, 4) is 5.75 Å². The molecule has 7 heteroatoms. The molecule has 3 aromatic rings. The average Bonchev–Trinajstić information content (AvgIpc) is 3.38.